The van der Waals surface area contributed by atoms with Gasteiger partial charge >= 0.3 is 0 Å². The Labute approximate surface area is 216 Å². The summed E-state index contributed by atoms with van der Waals surface area (Å²) in [6.07, 6.45) is 1.90. The van der Waals surface area contributed by atoms with E-state index in [1.807, 2.05) is 42.5 Å². The second kappa shape index (κ2) is 10.6. The van der Waals surface area contributed by atoms with Gasteiger partial charge in [0.15, 0.2) is 0 Å². The molecule has 0 saturated carbocycles. The molecule has 0 spiro atoms. The second-order valence-corrected chi connectivity index (χ2v) is 11.3. The number of rotatable bonds is 8. The summed E-state index contributed by atoms with van der Waals surface area (Å²) in [7, 11) is -3.72. The fourth-order valence-electron chi connectivity index (χ4n) is 5.12. The molecule has 1 amide bonds. The highest BCUT2D eigenvalue weighted by atomic mass is 32.2. The Morgan fingerprint density at radius 3 is 2.43 bits per heavy atom. The van der Waals surface area contributed by atoms with Gasteiger partial charge < -0.3 is 10.1 Å². The predicted molar refractivity (Wildman–Crippen MR) is 139 cm³/mol. The number of amides is 1. The summed E-state index contributed by atoms with van der Waals surface area (Å²) in [6, 6.07) is 21.3. The number of hydrogen-bond donors (Lipinski definition) is 2. The number of halogens is 1. The van der Waals surface area contributed by atoms with Crippen LogP contribution >= 0.6 is 0 Å². The van der Waals surface area contributed by atoms with Crippen molar-refractivity contribution in [3.8, 4) is 5.75 Å². The highest BCUT2D eigenvalue weighted by Crippen LogP contribution is 2.36. The van der Waals surface area contributed by atoms with Crippen LogP contribution in [0.2, 0.25) is 0 Å². The molecule has 0 aliphatic carbocycles. The van der Waals surface area contributed by atoms with E-state index in [2.05, 4.69) is 10.0 Å². The summed E-state index contributed by atoms with van der Waals surface area (Å²) in [5.41, 5.74) is 2.92. The Bertz CT molecular complexity index is 1360. The van der Waals surface area contributed by atoms with Crippen molar-refractivity contribution in [3.05, 3.63) is 101 Å². The van der Waals surface area contributed by atoms with Gasteiger partial charge in [-0.3, -0.25) is 4.79 Å². The van der Waals surface area contributed by atoms with Gasteiger partial charge in [0.25, 0.3) is 16.1 Å². The van der Waals surface area contributed by atoms with Crippen LogP contribution in [0.5, 0.6) is 5.75 Å². The van der Waals surface area contributed by atoms with E-state index in [4.69, 9.17) is 4.74 Å². The van der Waals surface area contributed by atoms with Crippen LogP contribution in [0.3, 0.4) is 0 Å². The molecule has 0 atom stereocenters. The first-order valence-corrected chi connectivity index (χ1v) is 13.9. The number of nitrogens with zero attached hydrogens (tertiary/aromatic N) is 1. The average Bonchev–Trinajstić information content (AvgIpc) is 3.41. The van der Waals surface area contributed by atoms with E-state index in [9.17, 15) is 17.6 Å². The SMILES string of the molecule is O=C(NCC1(c2ccccc2)CCN(S(=O)(=O)NCc2ccc(F)cc2)CC1)c1cccc2c1OCC2. The van der Waals surface area contributed by atoms with Gasteiger partial charge in [-0.2, -0.15) is 17.4 Å². The fourth-order valence-corrected chi connectivity index (χ4v) is 6.32. The fraction of sp³-hybridized carbons (Fsp3) is 0.321. The molecule has 2 aliphatic rings. The minimum absolute atomic E-state index is 0.0858. The van der Waals surface area contributed by atoms with Crippen LogP contribution in [0.1, 0.15) is 39.9 Å². The van der Waals surface area contributed by atoms with Crippen molar-refractivity contribution in [1.82, 2.24) is 14.3 Å². The van der Waals surface area contributed by atoms with Crippen LogP contribution in [-0.2, 0) is 28.6 Å². The Morgan fingerprint density at radius 1 is 0.973 bits per heavy atom. The van der Waals surface area contributed by atoms with Gasteiger partial charge in [-0.15, -0.1) is 0 Å². The molecule has 2 aliphatic heterocycles. The number of fused-ring (bicyclic) bond motifs is 1. The van der Waals surface area contributed by atoms with Crippen LogP contribution in [0, 0.1) is 5.82 Å². The van der Waals surface area contributed by atoms with Crippen molar-refractivity contribution in [2.45, 2.75) is 31.2 Å². The number of ether oxygens (including phenoxy) is 1. The predicted octanol–water partition coefficient (Wildman–Crippen LogP) is 3.56. The van der Waals surface area contributed by atoms with E-state index >= 15 is 0 Å². The van der Waals surface area contributed by atoms with Crippen molar-refractivity contribution in [3.63, 3.8) is 0 Å². The average molecular weight is 524 g/mol. The lowest BCUT2D eigenvalue weighted by Gasteiger charge is -2.42. The number of benzene rings is 3. The zero-order valence-electron chi connectivity index (χ0n) is 20.5. The first-order valence-electron chi connectivity index (χ1n) is 12.4. The Hall–Kier alpha value is -3.27. The monoisotopic (exact) mass is 523 g/mol. The molecule has 0 bridgehead atoms. The maximum absolute atomic E-state index is 13.2. The van der Waals surface area contributed by atoms with Gasteiger partial charge in [0, 0.05) is 38.0 Å². The molecule has 3 aromatic carbocycles. The van der Waals surface area contributed by atoms with Gasteiger partial charge in [-0.05, 0) is 47.7 Å². The van der Waals surface area contributed by atoms with E-state index in [1.54, 1.807) is 18.2 Å². The van der Waals surface area contributed by atoms with Crippen molar-refractivity contribution >= 4 is 16.1 Å². The number of nitrogens with one attached hydrogen (secondary N) is 2. The standard InChI is InChI=1S/C28H30FN3O4S/c29-24-11-9-21(10-12-24)19-31-37(34,35)32-16-14-28(15-17-32,23-6-2-1-3-7-23)20-30-27(33)25-8-4-5-22-13-18-36-26(22)25/h1-12,31H,13-20H2,(H,30,33). The van der Waals surface area contributed by atoms with Crippen LogP contribution < -0.4 is 14.8 Å². The zero-order valence-corrected chi connectivity index (χ0v) is 21.3. The Kier molecular flexibility index (Phi) is 7.28. The normalized spacial score (nSPS) is 17.1. The summed E-state index contributed by atoms with van der Waals surface area (Å²) >= 11 is 0. The van der Waals surface area contributed by atoms with Crippen LogP contribution in [0.4, 0.5) is 4.39 Å². The van der Waals surface area contributed by atoms with Crippen LogP contribution in [-0.4, -0.2) is 44.9 Å². The number of piperidine rings is 1. The van der Waals surface area contributed by atoms with E-state index in [-0.39, 0.29) is 18.3 Å². The largest absolute Gasteiger partial charge is 0.492 e. The summed E-state index contributed by atoms with van der Waals surface area (Å²) < 4.78 is 48.9. The molecule has 0 unspecified atom stereocenters. The van der Waals surface area contributed by atoms with Gasteiger partial charge in [0.1, 0.15) is 11.6 Å². The lowest BCUT2D eigenvalue weighted by atomic mass is 9.73. The highest BCUT2D eigenvalue weighted by molar-refractivity contribution is 7.87. The molecule has 1 saturated heterocycles. The van der Waals surface area contributed by atoms with Crippen molar-refractivity contribution in [2.24, 2.45) is 0 Å². The molecule has 2 N–H and O–H groups in total. The number of carbonyl (C=O) groups is 1. The highest BCUT2D eigenvalue weighted by Gasteiger charge is 2.39. The smallest absolute Gasteiger partial charge is 0.279 e. The van der Waals surface area contributed by atoms with E-state index in [1.165, 1.54) is 16.4 Å². The number of carbonyl (C=O) groups excluding carboxylic acids is 1. The quantitative estimate of drug-likeness (QED) is 0.473. The minimum Gasteiger partial charge on any atom is -0.492 e. The number of hydrogen-bond acceptors (Lipinski definition) is 4. The molecule has 37 heavy (non-hydrogen) atoms. The minimum atomic E-state index is -3.72. The van der Waals surface area contributed by atoms with Crippen molar-refractivity contribution in [1.29, 1.82) is 0 Å². The van der Waals surface area contributed by atoms with Gasteiger partial charge in [0.2, 0.25) is 0 Å². The van der Waals surface area contributed by atoms with Gasteiger partial charge in [-0.1, -0.05) is 54.6 Å². The van der Waals surface area contributed by atoms with Crippen molar-refractivity contribution < 1.29 is 22.3 Å². The van der Waals surface area contributed by atoms with E-state index in [0.717, 1.165) is 17.5 Å². The van der Waals surface area contributed by atoms with E-state index in [0.29, 0.717) is 56.0 Å². The lowest BCUT2D eigenvalue weighted by Crippen LogP contribution is -2.52. The first-order chi connectivity index (χ1) is 17.9. The Morgan fingerprint density at radius 2 is 1.70 bits per heavy atom. The summed E-state index contributed by atoms with van der Waals surface area (Å²) in [5.74, 6) is 0.100. The molecule has 2 heterocycles. The molecule has 194 valence electrons. The summed E-state index contributed by atoms with van der Waals surface area (Å²) in [4.78, 5) is 13.2. The molecular formula is C28H30FN3O4S. The topological polar surface area (TPSA) is 87.7 Å². The third-order valence-electron chi connectivity index (χ3n) is 7.32. The maximum atomic E-state index is 13.2. The summed E-state index contributed by atoms with van der Waals surface area (Å²) in [5, 5.41) is 3.11. The third-order valence-corrected chi connectivity index (χ3v) is 8.88. The van der Waals surface area contributed by atoms with E-state index < -0.39 is 15.6 Å². The zero-order chi connectivity index (χ0) is 25.9. The molecule has 9 heteroatoms. The Balaban J connectivity index is 1.27. The van der Waals surface area contributed by atoms with Gasteiger partial charge in [0.05, 0.1) is 12.2 Å². The van der Waals surface area contributed by atoms with Crippen LogP contribution in [0.15, 0.2) is 72.8 Å². The molecule has 7 nitrogen and oxygen atoms in total. The second-order valence-electron chi connectivity index (χ2n) is 9.57. The molecule has 0 radical (unpaired) electrons. The lowest BCUT2D eigenvalue weighted by molar-refractivity contribution is 0.0929. The molecule has 3 aromatic rings. The number of para-hydroxylation sites is 1. The molecule has 5 rings (SSSR count). The summed E-state index contributed by atoms with van der Waals surface area (Å²) in [6.45, 7) is 1.67. The third kappa shape index (κ3) is 5.53. The van der Waals surface area contributed by atoms with Crippen molar-refractivity contribution in [2.75, 3.05) is 26.2 Å². The first kappa shape index (κ1) is 25.4. The molecule has 0 aromatic heterocycles. The van der Waals surface area contributed by atoms with Gasteiger partial charge in [-0.25, -0.2) is 4.39 Å². The van der Waals surface area contributed by atoms with Crippen LogP contribution in [0.25, 0.3) is 0 Å². The molecule has 1 fully saturated rings. The molecular weight excluding hydrogens is 493 g/mol. The maximum Gasteiger partial charge on any atom is 0.279 e.